The van der Waals surface area contributed by atoms with Crippen LogP contribution >= 0.6 is 0 Å². The highest BCUT2D eigenvalue weighted by Gasteiger charge is 2.25. The Labute approximate surface area is 190 Å². The topological polar surface area (TPSA) is 36.7 Å². The van der Waals surface area contributed by atoms with E-state index in [1.807, 2.05) is 6.20 Å². The molecular weight excluding hydrogens is 394 g/mol. The molecule has 0 aliphatic heterocycles. The van der Waals surface area contributed by atoms with Gasteiger partial charge in [-0.15, -0.1) is 0 Å². The lowest BCUT2D eigenvalue weighted by Gasteiger charge is -2.31. The molecule has 5 nitrogen and oxygen atoms in total. The van der Waals surface area contributed by atoms with E-state index in [2.05, 4.69) is 96.1 Å². The van der Waals surface area contributed by atoms with Crippen molar-refractivity contribution in [2.75, 3.05) is 21.1 Å². The van der Waals surface area contributed by atoms with Gasteiger partial charge in [0.15, 0.2) is 0 Å². The Kier molecular flexibility index (Phi) is 5.77. The van der Waals surface area contributed by atoms with Gasteiger partial charge in [-0.1, -0.05) is 36.4 Å². The molecule has 5 rings (SSSR count). The van der Waals surface area contributed by atoms with E-state index in [0.29, 0.717) is 6.04 Å². The van der Waals surface area contributed by atoms with E-state index in [0.717, 1.165) is 37.3 Å². The number of aromatic nitrogens is 3. The first-order chi connectivity index (χ1) is 15.6. The number of rotatable bonds is 6. The van der Waals surface area contributed by atoms with Crippen molar-refractivity contribution in [3.8, 4) is 11.3 Å². The molecule has 5 heteroatoms. The van der Waals surface area contributed by atoms with Crippen LogP contribution in [0.1, 0.15) is 41.4 Å². The van der Waals surface area contributed by atoms with Crippen molar-refractivity contribution in [1.82, 2.24) is 24.2 Å². The summed E-state index contributed by atoms with van der Waals surface area (Å²) in [6.07, 6.45) is 7.62. The minimum atomic E-state index is 0.355. The molecular formula is C27H31N5. The molecule has 4 aromatic rings. The Bertz CT molecular complexity index is 1210. The molecule has 0 saturated carbocycles. The van der Waals surface area contributed by atoms with Gasteiger partial charge in [-0.05, 0) is 75.3 Å². The Morgan fingerprint density at radius 3 is 2.62 bits per heavy atom. The molecule has 1 unspecified atom stereocenters. The first kappa shape index (κ1) is 20.9. The van der Waals surface area contributed by atoms with Gasteiger partial charge < -0.3 is 4.90 Å². The van der Waals surface area contributed by atoms with Crippen LogP contribution in [-0.2, 0) is 19.5 Å². The summed E-state index contributed by atoms with van der Waals surface area (Å²) in [6.45, 7) is 1.76. The molecule has 0 N–H and O–H groups in total. The van der Waals surface area contributed by atoms with Crippen molar-refractivity contribution in [2.24, 2.45) is 0 Å². The third kappa shape index (κ3) is 4.18. The van der Waals surface area contributed by atoms with E-state index >= 15 is 0 Å². The summed E-state index contributed by atoms with van der Waals surface area (Å²) in [5.41, 5.74) is 8.41. The van der Waals surface area contributed by atoms with Gasteiger partial charge in [0.1, 0.15) is 5.65 Å². The molecule has 0 radical (unpaired) electrons. The normalized spacial score (nSPS) is 16.1. The zero-order valence-electron chi connectivity index (χ0n) is 19.2. The smallest absolute Gasteiger partial charge is 0.137 e. The highest BCUT2D eigenvalue weighted by Crippen LogP contribution is 2.32. The minimum absolute atomic E-state index is 0.355. The van der Waals surface area contributed by atoms with Crippen LogP contribution in [-0.4, -0.2) is 45.3 Å². The molecule has 0 bridgehead atoms. The summed E-state index contributed by atoms with van der Waals surface area (Å²) in [5, 5.41) is 0. The molecule has 1 aromatic carbocycles. The second-order valence-corrected chi connectivity index (χ2v) is 9.18. The summed E-state index contributed by atoms with van der Waals surface area (Å²) < 4.78 is 2.22. The molecule has 32 heavy (non-hydrogen) atoms. The second-order valence-electron chi connectivity index (χ2n) is 9.18. The maximum atomic E-state index is 4.94. The van der Waals surface area contributed by atoms with Crippen molar-refractivity contribution in [3.05, 3.63) is 89.5 Å². The minimum Gasteiger partial charge on any atom is -0.305 e. The zero-order chi connectivity index (χ0) is 22.1. The van der Waals surface area contributed by atoms with Crippen molar-refractivity contribution in [2.45, 2.75) is 38.4 Å². The number of fused-ring (bicyclic) bond motifs is 2. The van der Waals surface area contributed by atoms with Crippen molar-refractivity contribution < 1.29 is 0 Å². The van der Waals surface area contributed by atoms with Crippen molar-refractivity contribution >= 4 is 5.65 Å². The van der Waals surface area contributed by atoms with E-state index in [-0.39, 0.29) is 0 Å². The highest BCUT2D eigenvalue weighted by molar-refractivity contribution is 5.64. The first-order valence-electron chi connectivity index (χ1n) is 11.4. The third-order valence-electron chi connectivity index (χ3n) is 6.40. The maximum Gasteiger partial charge on any atom is 0.137 e. The van der Waals surface area contributed by atoms with Crippen molar-refractivity contribution in [3.63, 3.8) is 0 Å². The number of pyridine rings is 2. The number of nitrogens with zero attached hydrogens (tertiary/aromatic N) is 5. The maximum absolute atomic E-state index is 4.94. The fourth-order valence-electron chi connectivity index (χ4n) is 4.90. The van der Waals surface area contributed by atoms with E-state index in [9.17, 15) is 0 Å². The molecule has 164 valence electrons. The molecule has 1 aliphatic rings. The monoisotopic (exact) mass is 425 g/mol. The van der Waals surface area contributed by atoms with Gasteiger partial charge in [-0.2, -0.15) is 0 Å². The Morgan fingerprint density at radius 1 is 0.969 bits per heavy atom. The van der Waals surface area contributed by atoms with Crippen LogP contribution in [0.4, 0.5) is 0 Å². The highest BCUT2D eigenvalue weighted by atomic mass is 15.2. The standard InChI is InChI=1S/C27H31N5/c1-30(2)17-20-12-14-21(15-13-20)24-9-5-11-26-29-23(19-32(24)26)18-31(3)25-10-4-7-22-8-6-16-28-27(22)25/h5-6,8-9,11-16,19,25H,4,7,10,17-18H2,1-3H3. The van der Waals surface area contributed by atoms with Gasteiger partial charge in [0.25, 0.3) is 0 Å². The fourth-order valence-corrected chi connectivity index (χ4v) is 4.90. The van der Waals surface area contributed by atoms with Crippen LogP contribution in [0.15, 0.2) is 67.0 Å². The van der Waals surface area contributed by atoms with Crippen LogP contribution in [0.2, 0.25) is 0 Å². The molecule has 3 aromatic heterocycles. The quantitative estimate of drug-likeness (QED) is 0.437. The van der Waals surface area contributed by atoms with E-state index < -0.39 is 0 Å². The third-order valence-corrected chi connectivity index (χ3v) is 6.40. The first-order valence-corrected chi connectivity index (χ1v) is 11.4. The average molecular weight is 426 g/mol. The van der Waals surface area contributed by atoms with E-state index in [4.69, 9.17) is 9.97 Å². The Balaban J connectivity index is 1.40. The lowest BCUT2D eigenvalue weighted by Crippen LogP contribution is -2.28. The largest absolute Gasteiger partial charge is 0.305 e. The van der Waals surface area contributed by atoms with Gasteiger partial charge in [0.05, 0.1) is 23.1 Å². The number of aryl methyl sites for hydroxylation is 1. The van der Waals surface area contributed by atoms with E-state index in [1.54, 1.807) is 0 Å². The number of benzene rings is 1. The van der Waals surface area contributed by atoms with E-state index in [1.165, 1.54) is 34.5 Å². The molecule has 0 fully saturated rings. The Morgan fingerprint density at radius 2 is 1.81 bits per heavy atom. The molecule has 3 heterocycles. The molecule has 0 saturated heterocycles. The summed E-state index contributed by atoms with van der Waals surface area (Å²) >= 11 is 0. The van der Waals surface area contributed by atoms with Crippen LogP contribution in [0.3, 0.4) is 0 Å². The lowest BCUT2D eigenvalue weighted by molar-refractivity contribution is 0.206. The lowest BCUT2D eigenvalue weighted by atomic mass is 9.91. The summed E-state index contributed by atoms with van der Waals surface area (Å²) in [4.78, 5) is 14.2. The summed E-state index contributed by atoms with van der Waals surface area (Å²) in [6, 6.07) is 19.8. The molecule has 1 atom stereocenters. The van der Waals surface area contributed by atoms with Gasteiger partial charge in [-0.3, -0.25) is 14.3 Å². The van der Waals surface area contributed by atoms with Gasteiger partial charge in [0.2, 0.25) is 0 Å². The summed E-state index contributed by atoms with van der Waals surface area (Å²) in [7, 11) is 6.39. The SMILES string of the molecule is CN(C)Cc1ccc(-c2cccc3nc(CN(C)C4CCCc5cccnc54)cn23)cc1. The zero-order valence-corrected chi connectivity index (χ0v) is 19.2. The van der Waals surface area contributed by atoms with Gasteiger partial charge in [0, 0.05) is 25.5 Å². The predicted octanol–water partition coefficient (Wildman–Crippen LogP) is 4.97. The predicted molar refractivity (Wildman–Crippen MR) is 129 cm³/mol. The average Bonchev–Trinajstić information content (AvgIpc) is 3.21. The van der Waals surface area contributed by atoms with Crippen molar-refractivity contribution in [1.29, 1.82) is 0 Å². The Hall–Kier alpha value is -3.02. The van der Waals surface area contributed by atoms with Gasteiger partial charge >= 0.3 is 0 Å². The van der Waals surface area contributed by atoms with Gasteiger partial charge in [-0.25, -0.2) is 4.98 Å². The van der Waals surface area contributed by atoms with Crippen LogP contribution in [0.25, 0.3) is 16.9 Å². The molecule has 0 spiro atoms. The number of imidazole rings is 1. The number of hydrogen-bond donors (Lipinski definition) is 0. The summed E-state index contributed by atoms with van der Waals surface area (Å²) in [5.74, 6) is 0. The fraction of sp³-hybridized carbons (Fsp3) is 0.333. The van der Waals surface area contributed by atoms with Crippen LogP contribution in [0, 0.1) is 0 Å². The molecule has 1 aliphatic carbocycles. The second kappa shape index (κ2) is 8.85. The van der Waals surface area contributed by atoms with Crippen LogP contribution in [0.5, 0.6) is 0 Å². The number of hydrogen-bond acceptors (Lipinski definition) is 4. The molecule has 0 amide bonds. The van der Waals surface area contributed by atoms with Crippen LogP contribution < -0.4 is 0 Å².